The first-order valence-corrected chi connectivity index (χ1v) is 7.63. The maximum Gasteiger partial charge on any atom is 0.303 e. The van der Waals surface area contributed by atoms with E-state index in [2.05, 4.69) is 10.1 Å². The van der Waals surface area contributed by atoms with Crippen LogP contribution in [0.25, 0.3) is 11.4 Å². The Morgan fingerprint density at radius 3 is 2.64 bits per heavy atom. The first kappa shape index (κ1) is 16.6. The van der Waals surface area contributed by atoms with Crippen molar-refractivity contribution in [1.29, 1.82) is 0 Å². The number of aliphatic carboxylic acids is 1. The maximum absolute atomic E-state index is 13.7. The largest absolute Gasteiger partial charge is 0.484 e. The normalized spacial score (nSPS) is 10.6. The van der Waals surface area contributed by atoms with Crippen molar-refractivity contribution in [1.82, 2.24) is 10.1 Å². The minimum absolute atomic E-state index is 0.0515. The number of aromatic nitrogens is 2. The van der Waals surface area contributed by atoms with Crippen LogP contribution in [0.2, 0.25) is 0 Å². The molecular weight excluding hydrogens is 327 g/mol. The van der Waals surface area contributed by atoms with Crippen LogP contribution >= 0.6 is 0 Å². The molecule has 0 atom stereocenters. The first-order valence-electron chi connectivity index (χ1n) is 7.63. The second kappa shape index (κ2) is 7.57. The zero-order valence-electron chi connectivity index (χ0n) is 13.2. The van der Waals surface area contributed by atoms with Gasteiger partial charge >= 0.3 is 5.97 Å². The number of carbonyl (C=O) groups is 1. The lowest BCUT2D eigenvalue weighted by Gasteiger charge is -2.04. The molecule has 0 unspecified atom stereocenters. The van der Waals surface area contributed by atoms with Crippen LogP contribution in [0.5, 0.6) is 5.75 Å². The van der Waals surface area contributed by atoms with Crippen LogP contribution in [0.15, 0.2) is 53.1 Å². The standard InChI is InChI=1S/C18H15FN2O4/c19-15-4-2-1-3-14(15)18-20-16(25-21-18)11-24-13-8-5-12(6-9-13)7-10-17(22)23/h1-6,8-9H,7,10-11H2,(H,22,23). The molecule has 0 fully saturated rings. The summed E-state index contributed by atoms with van der Waals surface area (Å²) in [5.74, 6) is -0.270. The molecule has 0 spiro atoms. The highest BCUT2D eigenvalue weighted by molar-refractivity contribution is 5.67. The lowest BCUT2D eigenvalue weighted by molar-refractivity contribution is -0.136. The Bertz CT molecular complexity index is 862. The Hall–Kier alpha value is -3.22. The first-order chi connectivity index (χ1) is 12.1. The average molecular weight is 342 g/mol. The molecule has 7 heteroatoms. The number of carboxylic acids is 1. The van der Waals surface area contributed by atoms with Gasteiger partial charge < -0.3 is 14.4 Å². The minimum atomic E-state index is -0.831. The Morgan fingerprint density at radius 2 is 1.92 bits per heavy atom. The monoisotopic (exact) mass is 342 g/mol. The van der Waals surface area contributed by atoms with Crippen LogP contribution in [-0.2, 0) is 17.8 Å². The Balaban J connectivity index is 1.59. The van der Waals surface area contributed by atoms with Crippen molar-refractivity contribution in [2.45, 2.75) is 19.4 Å². The molecule has 6 nitrogen and oxygen atoms in total. The fraction of sp³-hybridized carbons (Fsp3) is 0.167. The topological polar surface area (TPSA) is 85.5 Å². The smallest absolute Gasteiger partial charge is 0.303 e. The number of aryl methyl sites for hydroxylation is 1. The van der Waals surface area contributed by atoms with Gasteiger partial charge in [-0.1, -0.05) is 29.4 Å². The van der Waals surface area contributed by atoms with Gasteiger partial charge in [0.05, 0.1) is 5.56 Å². The molecule has 3 aromatic rings. The van der Waals surface area contributed by atoms with Crippen molar-refractivity contribution in [2.75, 3.05) is 0 Å². The van der Waals surface area contributed by atoms with Crippen molar-refractivity contribution in [3.05, 3.63) is 65.8 Å². The van der Waals surface area contributed by atoms with Gasteiger partial charge in [-0.15, -0.1) is 0 Å². The number of hydrogen-bond acceptors (Lipinski definition) is 5. The van der Waals surface area contributed by atoms with Gasteiger partial charge in [0.15, 0.2) is 6.61 Å². The fourth-order valence-electron chi connectivity index (χ4n) is 2.21. The Kier molecular flexibility index (Phi) is 5.03. The van der Waals surface area contributed by atoms with Gasteiger partial charge in [0.1, 0.15) is 11.6 Å². The van der Waals surface area contributed by atoms with E-state index in [9.17, 15) is 9.18 Å². The molecule has 0 aliphatic rings. The van der Waals surface area contributed by atoms with Crippen molar-refractivity contribution in [2.24, 2.45) is 0 Å². The molecule has 1 heterocycles. The fourth-order valence-corrected chi connectivity index (χ4v) is 2.21. The third-order valence-electron chi connectivity index (χ3n) is 3.50. The van der Waals surface area contributed by atoms with E-state index in [1.165, 1.54) is 6.07 Å². The molecule has 0 saturated heterocycles. The highest BCUT2D eigenvalue weighted by Gasteiger charge is 2.12. The van der Waals surface area contributed by atoms with Crippen LogP contribution in [0.4, 0.5) is 4.39 Å². The SMILES string of the molecule is O=C(O)CCc1ccc(OCc2nc(-c3ccccc3F)no2)cc1. The van der Waals surface area contributed by atoms with E-state index in [4.69, 9.17) is 14.4 Å². The second-order valence-corrected chi connectivity index (χ2v) is 5.32. The van der Waals surface area contributed by atoms with Gasteiger partial charge in [-0.05, 0) is 36.2 Å². The van der Waals surface area contributed by atoms with E-state index in [1.54, 1.807) is 42.5 Å². The molecule has 1 aromatic heterocycles. The third kappa shape index (κ3) is 4.41. The molecule has 128 valence electrons. The summed E-state index contributed by atoms with van der Waals surface area (Å²) in [6, 6.07) is 13.3. The molecule has 0 aliphatic carbocycles. The molecule has 0 radical (unpaired) electrons. The average Bonchev–Trinajstić information content (AvgIpc) is 3.08. The van der Waals surface area contributed by atoms with Crippen LogP contribution in [0.1, 0.15) is 17.9 Å². The maximum atomic E-state index is 13.7. The Labute approximate surface area is 142 Å². The summed E-state index contributed by atoms with van der Waals surface area (Å²) in [4.78, 5) is 14.7. The molecule has 25 heavy (non-hydrogen) atoms. The summed E-state index contributed by atoms with van der Waals surface area (Å²) in [5.41, 5.74) is 1.18. The van der Waals surface area contributed by atoms with E-state index in [0.29, 0.717) is 12.2 Å². The molecule has 0 saturated carbocycles. The summed E-state index contributed by atoms with van der Waals surface area (Å²) in [5, 5.41) is 12.4. The Morgan fingerprint density at radius 1 is 1.16 bits per heavy atom. The van der Waals surface area contributed by atoms with Crippen molar-refractivity contribution in [3.63, 3.8) is 0 Å². The molecule has 1 N–H and O–H groups in total. The highest BCUT2D eigenvalue weighted by atomic mass is 19.1. The summed E-state index contributed by atoms with van der Waals surface area (Å²) in [6.07, 6.45) is 0.548. The van der Waals surface area contributed by atoms with E-state index in [-0.39, 0.29) is 30.3 Å². The summed E-state index contributed by atoms with van der Waals surface area (Å²) in [7, 11) is 0. The lowest BCUT2D eigenvalue weighted by Crippen LogP contribution is -1.98. The van der Waals surface area contributed by atoms with Gasteiger partial charge in [0.25, 0.3) is 5.89 Å². The zero-order chi connectivity index (χ0) is 17.6. The van der Waals surface area contributed by atoms with Crippen LogP contribution < -0.4 is 4.74 Å². The molecule has 0 aliphatic heterocycles. The lowest BCUT2D eigenvalue weighted by atomic mass is 10.1. The number of halogens is 1. The zero-order valence-corrected chi connectivity index (χ0v) is 13.2. The summed E-state index contributed by atoms with van der Waals surface area (Å²) in [6.45, 7) is 0.0515. The van der Waals surface area contributed by atoms with Crippen LogP contribution in [0.3, 0.4) is 0 Å². The number of nitrogens with zero attached hydrogens (tertiary/aromatic N) is 2. The third-order valence-corrected chi connectivity index (χ3v) is 3.50. The molecular formula is C18H15FN2O4. The number of benzene rings is 2. The van der Waals surface area contributed by atoms with Gasteiger partial charge in [-0.2, -0.15) is 4.98 Å². The van der Waals surface area contributed by atoms with Gasteiger partial charge in [-0.25, -0.2) is 4.39 Å². The van der Waals surface area contributed by atoms with E-state index >= 15 is 0 Å². The molecule has 0 bridgehead atoms. The van der Waals surface area contributed by atoms with Crippen LogP contribution in [0, 0.1) is 5.82 Å². The minimum Gasteiger partial charge on any atom is -0.484 e. The molecule has 0 amide bonds. The molecule has 2 aromatic carbocycles. The van der Waals surface area contributed by atoms with Gasteiger partial charge in [0, 0.05) is 6.42 Å². The van der Waals surface area contributed by atoms with E-state index in [0.717, 1.165) is 5.56 Å². The second-order valence-electron chi connectivity index (χ2n) is 5.32. The van der Waals surface area contributed by atoms with E-state index < -0.39 is 11.8 Å². The quantitative estimate of drug-likeness (QED) is 0.707. The predicted octanol–water partition coefficient (Wildman–Crippen LogP) is 3.47. The molecule has 3 rings (SSSR count). The number of hydrogen-bond donors (Lipinski definition) is 1. The van der Waals surface area contributed by atoms with Crippen molar-refractivity contribution in [3.8, 4) is 17.1 Å². The predicted molar refractivity (Wildman–Crippen MR) is 86.4 cm³/mol. The van der Waals surface area contributed by atoms with Crippen molar-refractivity contribution >= 4 is 5.97 Å². The van der Waals surface area contributed by atoms with Crippen LogP contribution in [-0.4, -0.2) is 21.2 Å². The number of rotatable bonds is 7. The van der Waals surface area contributed by atoms with Crippen molar-refractivity contribution < 1.29 is 23.6 Å². The number of ether oxygens (including phenoxy) is 1. The van der Waals surface area contributed by atoms with E-state index in [1.807, 2.05) is 0 Å². The van der Waals surface area contributed by atoms with Gasteiger partial charge in [0.2, 0.25) is 5.82 Å². The van der Waals surface area contributed by atoms with Gasteiger partial charge in [-0.3, -0.25) is 4.79 Å². The number of carboxylic acid groups (broad SMARTS) is 1. The highest BCUT2D eigenvalue weighted by Crippen LogP contribution is 2.20. The summed E-state index contributed by atoms with van der Waals surface area (Å²) < 4.78 is 24.3. The summed E-state index contributed by atoms with van der Waals surface area (Å²) >= 11 is 0.